The van der Waals surface area contributed by atoms with Crippen LogP contribution in [0.4, 0.5) is 4.39 Å². The van der Waals surface area contributed by atoms with Crippen LogP contribution in [0.1, 0.15) is 21.6 Å². The molecule has 4 heteroatoms. The first-order chi connectivity index (χ1) is 10.6. The highest BCUT2D eigenvalue weighted by Gasteiger charge is 2.10. The summed E-state index contributed by atoms with van der Waals surface area (Å²) in [6.07, 6.45) is 3.19. The molecule has 108 valence electrons. The Morgan fingerprint density at radius 1 is 1.05 bits per heavy atom. The maximum absolute atomic E-state index is 13.6. The number of carboxylic acid groups (broad SMARTS) is 1. The lowest BCUT2D eigenvalue weighted by atomic mass is 10.1. The third-order valence-corrected chi connectivity index (χ3v) is 3.31. The summed E-state index contributed by atoms with van der Waals surface area (Å²) in [5.74, 6) is -1.35. The Hall–Kier alpha value is -3.01. The number of pyridine rings is 1. The number of carboxylic acids is 1. The lowest BCUT2D eigenvalue weighted by molar-refractivity contribution is 0.0699. The van der Waals surface area contributed by atoms with Crippen LogP contribution in [0.15, 0.2) is 54.6 Å². The normalized spacial score (nSPS) is 11.1. The van der Waals surface area contributed by atoms with Crippen molar-refractivity contribution in [3.63, 3.8) is 0 Å². The van der Waals surface area contributed by atoms with E-state index in [4.69, 9.17) is 0 Å². The lowest BCUT2D eigenvalue weighted by Gasteiger charge is -2.04. The summed E-state index contributed by atoms with van der Waals surface area (Å²) in [5.41, 5.74) is 1.67. The van der Waals surface area contributed by atoms with Crippen LogP contribution in [0.25, 0.3) is 23.1 Å². The summed E-state index contributed by atoms with van der Waals surface area (Å²) in [5, 5.41) is 9.91. The third-order valence-electron chi connectivity index (χ3n) is 3.31. The number of hydrogen-bond donors (Lipinski definition) is 1. The highest BCUT2D eigenvalue weighted by atomic mass is 19.1. The average Bonchev–Trinajstić information content (AvgIpc) is 2.53. The fraction of sp³-hybridized carbons (Fsp3) is 0. The highest BCUT2D eigenvalue weighted by molar-refractivity contribution is 6.03. The zero-order chi connectivity index (χ0) is 15.5. The van der Waals surface area contributed by atoms with E-state index in [0.29, 0.717) is 22.2 Å². The molecule has 0 radical (unpaired) electrons. The lowest BCUT2D eigenvalue weighted by Crippen LogP contribution is -2.00. The van der Waals surface area contributed by atoms with Crippen molar-refractivity contribution in [2.75, 3.05) is 0 Å². The number of rotatable bonds is 3. The van der Waals surface area contributed by atoms with Gasteiger partial charge in [-0.2, -0.15) is 0 Å². The molecule has 0 amide bonds. The number of nitrogens with zero attached hydrogens (tertiary/aromatic N) is 1. The fourth-order valence-corrected chi connectivity index (χ4v) is 2.24. The Bertz CT molecular complexity index is 887. The molecule has 0 saturated heterocycles. The molecule has 0 fully saturated rings. The fourth-order valence-electron chi connectivity index (χ4n) is 2.24. The number of halogens is 1. The third kappa shape index (κ3) is 2.72. The largest absolute Gasteiger partial charge is 0.478 e. The van der Waals surface area contributed by atoms with E-state index in [0.717, 1.165) is 0 Å². The maximum Gasteiger partial charge on any atom is 0.336 e. The maximum atomic E-state index is 13.6. The molecule has 0 unspecified atom stereocenters. The van der Waals surface area contributed by atoms with Gasteiger partial charge in [0.25, 0.3) is 0 Å². The van der Waals surface area contributed by atoms with E-state index in [1.165, 1.54) is 12.1 Å². The second-order valence-electron chi connectivity index (χ2n) is 4.77. The Labute approximate surface area is 126 Å². The van der Waals surface area contributed by atoms with Crippen LogP contribution in [0.2, 0.25) is 0 Å². The molecule has 1 heterocycles. The standard InChI is InChI=1S/C18H12FNO2/c19-16-7-3-1-5-12(16)9-10-13-11-15(18(21)22)14-6-2-4-8-17(14)20-13/h1-11H,(H,21,22)/b10-9+. The molecular weight excluding hydrogens is 281 g/mol. The molecule has 0 aliphatic heterocycles. The van der Waals surface area contributed by atoms with Gasteiger partial charge < -0.3 is 5.11 Å². The molecule has 0 atom stereocenters. The number of aromatic carboxylic acids is 1. The minimum atomic E-state index is -1.01. The van der Waals surface area contributed by atoms with E-state index in [9.17, 15) is 14.3 Å². The molecule has 1 aromatic heterocycles. The van der Waals surface area contributed by atoms with Crippen LogP contribution < -0.4 is 0 Å². The van der Waals surface area contributed by atoms with Crippen LogP contribution in [-0.2, 0) is 0 Å². The Morgan fingerprint density at radius 2 is 1.77 bits per heavy atom. The molecule has 1 N–H and O–H groups in total. The number of hydrogen-bond acceptors (Lipinski definition) is 2. The zero-order valence-corrected chi connectivity index (χ0v) is 11.5. The SMILES string of the molecule is O=C(O)c1cc(/C=C/c2ccccc2F)nc2ccccc12. The van der Waals surface area contributed by atoms with Gasteiger partial charge in [-0.25, -0.2) is 14.2 Å². The second kappa shape index (κ2) is 5.77. The van der Waals surface area contributed by atoms with E-state index >= 15 is 0 Å². The molecule has 0 bridgehead atoms. The van der Waals surface area contributed by atoms with E-state index in [2.05, 4.69) is 4.98 Å². The first kappa shape index (κ1) is 13.9. The van der Waals surface area contributed by atoms with Gasteiger partial charge in [0.1, 0.15) is 5.82 Å². The Balaban J connectivity index is 2.08. The van der Waals surface area contributed by atoms with Gasteiger partial charge >= 0.3 is 5.97 Å². The van der Waals surface area contributed by atoms with Gasteiger partial charge in [0.05, 0.1) is 16.8 Å². The first-order valence-corrected chi connectivity index (χ1v) is 6.71. The molecule has 3 nitrogen and oxygen atoms in total. The van der Waals surface area contributed by atoms with Crippen LogP contribution in [0.5, 0.6) is 0 Å². The summed E-state index contributed by atoms with van der Waals surface area (Å²) in [6.45, 7) is 0. The number of carbonyl (C=O) groups is 1. The Kier molecular flexibility index (Phi) is 3.66. The van der Waals surface area contributed by atoms with Gasteiger partial charge in [0.15, 0.2) is 0 Å². The predicted octanol–water partition coefficient (Wildman–Crippen LogP) is 4.24. The van der Waals surface area contributed by atoms with Crippen LogP contribution >= 0.6 is 0 Å². The first-order valence-electron chi connectivity index (χ1n) is 6.71. The van der Waals surface area contributed by atoms with Crippen molar-refractivity contribution < 1.29 is 14.3 Å². The van der Waals surface area contributed by atoms with E-state index in [-0.39, 0.29) is 11.4 Å². The van der Waals surface area contributed by atoms with E-state index in [1.54, 1.807) is 54.6 Å². The molecular formula is C18H12FNO2. The average molecular weight is 293 g/mol. The number of para-hydroxylation sites is 1. The minimum Gasteiger partial charge on any atom is -0.478 e. The second-order valence-corrected chi connectivity index (χ2v) is 4.77. The van der Waals surface area contributed by atoms with Crippen LogP contribution in [0.3, 0.4) is 0 Å². The van der Waals surface area contributed by atoms with Crippen molar-refractivity contribution >= 4 is 29.0 Å². The molecule has 2 aromatic carbocycles. The van der Waals surface area contributed by atoms with Gasteiger partial charge in [-0.3, -0.25) is 0 Å². The number of aromatic nitrogens is 1. The smallest absolute Gasteiger partial charge is 0.336 e. The molecule has 3 aromatic rings. The van der Waals surface area contributed by atoms with Crippen molar-refractivity contribution in [1.82, 2.24) is 4.98 Å². The van der Waals surface area contributed by atoms with Crippen LogP contribution in [-0.4, -0.2) is 16.1 Å². The van der Waals surface area contributed by atoms with Crippen molar-refractivity contribution in [3.05, 3.63) is 77.2 Å². The summed E-state index contributed by atoms with van der Waals surface area (Å²) in [4.78, 5) is 15.8. The Morgan fingerprint density at radius 3 is 2.55 bits per heavy atom. The summed E-state index contributed by atoms with van der Waals surface area (Å²) < 4.78 is 13.6. The van der Waals surface area contributed by atoms with Gasteiger partial charge in [-0.15, -0.1) is 0 Å². The van der Waals surface area contributed by atoms with E-state index < -0.39 is 5.97 Å². The van der Waals surface area contributed by atoms with Gasteiger partial charge in [-0.1, -0.05) is 36.4 Å². The van der Waals surface area contributed by atoms with Gasteiger partial charge in [0.2, 0.25) is 0 Å². The molecule has 3 rings (SSSR count). The predicted molar refractivity (Wildman–Crippen MR) is 84.0 cm³/mol. The quantitative estimate of drug-likeness (QED) is 0.785. The summed E-state index contributed by atoms with van der Waals surface area (Å²) in [6, 6.07) is 14.9. The molecule has 0 aliphatic rings. The molecule has 0 spiro atoms. The highest BCUT2D eigenvalue weighted by Crippen LogP contribution is 2.20. The number of benzene rings is 2. The van der Waals surface area contributed by atoms with Crippen molar-refractivity contribution in [1.29, 1.82) is 0 Å². The zero-order valence-electron chi connectivity index (χ0n) is 11.5. The molecule has 0 aliphatic carbocycles. The summed E-state index contributed by atoms with van der Waals surface area (Å²) >= 11 is 0. The van der Waals surface area contributed by atoms with Crippen molar-refractivity contribution in [3.8, 4) is 0 Å². The van der Waals surface area contributed by atoms with Gasteiger partial charge in [-0.05, 0) is 30.4 Å². The minimum absolute atomic E-state index is 0.179. The van der Waals surface area contributed by atoms with E-state index in [1.807, 2.05) is 0 Å². The summed E-state index contributed by atoms with van der Waals surface area (Å²) in [7, 11) is 0. The van der Waals surface area contributed by atoms with Crippen molar-refractivity contribution in [2.45, 2.75) is 0 Å². The monoisotopic (exact) mass is 293 g/mol. The van der Waals surface area contributed by atoms with Gasteiger partial charge in [0, 0.05) is 10.9 Å². The number of fused-ring (bicyclic) bond motifs is 1. The van der Waals surface area contributed by atoms with Crippen LogP contribution in [0, 0.1) is 5.82 Å². The van der Waals surface area contributed by atoms with Crippen molar-refractivity contribution in [2.24, 2.45) is 0 Å². The molecule has 0 saturated carbocycles. The molecule has 22 heavy (non-hydrogen) atoms. The topological polar surface area (TPSA) is 50.2 Å².